The van der Waals surface area contributed by atoms with Crippen LogP contribution in [-0.2, 0) is 17.9 Å². The fourth-order valence-corrected chi connectivity index (χ4v) is 4.24. The zero-order valence-electron chi connectivity index (χ0n) is 20.2. The second-order valence-electron chi connectivity index (χ2n) is 8.55. The molecule has 9 nitrogen and oxygen atoms in total. The molecule has 37 heavy (non-hydrogen) atoms. The summed E-state index contributed by atoms with van der Waals surface area (Å²) in [5.41, 5.74) is 2.15. The lowest BCUT2D eigenvalue weighted by atomic mass is 10.1. The minimum Gasteiger partial charge on any atom is -0.482 e. The molecular formula is C27H25FN4O5. The van der Waals surface area contributed by atoms with E-state index in [1.54, 1.807) is 12.1 Å². The SMILES string of the molecule is COC(=O)c1cccc(OCc2ccc(CN3CCN(c4ccc(C#N)cc4F)CC3)cc2)c1[N+](=O)[O-]. The number of methoxy groups -OCH3 is 1. The van der Waals surface area contributed by atoms with E-state index in [4.69, 9.17) is 10.00 Å². The van der Waals surface area contributed by atoms with Crippen molar-refractivity contribution in [2.45, 2.75) is 13.2 Å². The summed E-state index contributed by atoms with van der Waals surface area (Å²) < 4.78 is 24.6. The number of nitro groups is 1. The van der Waals surface area contributed by atoms with Crippen LogP contribution in [0.4, 0.5) is 15.8 Å². The van der Waals surface area contributed by atoms with Gasteiger partial charge in [0.2, 0.25) is 0 Å². The van der Waals surface area contributed by atoms with E-state index in [1.807, 2.05) is 35.2 Å². The highest BCUT2D eigenvalue weighted by atomic mass is 19.1. The maximum absolute atomic E-state index is 14.3. The molecule has 0 aromatic heterocycles. The van der Waals surface area contributed by atoms with Crippen molar-refractivity contribution in [1.29, 1.82) is 5.26 Å². The number of esters is 1. The van der Waals surface area contributed by atoms with Crippen molar-refractivity contribution in [3.63, 3.8) is 0 Å². The van der Waals surface area contributed by atoms with Gasteiger partial charge in [0, 0.05) is 32.7 Å². The third-order valence-electron chi connectivity index (χ3n) is 6.20. The first kappa shape index (κ1) is 25.6. The van der Waals surface area contributed by atoms with Crippen LogP contribution < -0.4 is 9.64 Å². The molecule has 4 rings (SSSR count). The predicted octanol–water partition coefficient (Wildman–Crippen LogP) is 4.29. The molecule has 0 spiro atoms. The van der Waals surface area contributed by atoms with Crippen LogP contribution in [0.2, 0.25) is 0 Å². The first-order valence-corrected chi connectivity index (χ1v) is 11.6. The summed E-state index contributed by atoms with van der Waals surface area (Å²) in [5, 5.41) is 20.5. The fourth-order valence-electron chi connectivity index (χ4n) is 4.24. The van der Waals surface area contributed by atoms with E-state index in [9.17, 15) is 19.3 Å². The van der Waals surface area contributed by atoms with Gasteiger partial charge in [-0.1, -0.05) is 30.3 Å². The number of hydrogen-bond donors (Lipinski definition) is 0. The quantitative estimate of drug-likeness (QED) is 0.254. The van der Waals surface area contributed by atoms with Gasteiger partial charge in [0.1, 0.15) is 18.0 Å². The van der Waals surface area contributed by atoms with Crippen LogP contribution in [0.1, 0.15) is 27.0 Å². The number of carbonyl (C=O) groups is 1. The molecule has 0 aliphatic carbocycles. The van der Waals surface area contributed by atoms with Crippen molar-refractivity contribution >= 4 is 17.3 Å². The highest BCUT2D eigenvalue weighted by Crippen LogP contribution is 2.32. The topological polar surface area (TPSA) is 109 Å². The molecule has 3 aromatic rings. The number of anilines is 1. The molecule has 10 heteroatoms. The number of ether oxygens (including phenoxy) is 2. The highest BCUT2D eigenvalue weighted by Gasteiger charge is 2.26. The van der Waals surface area contributed by atoms with Crippen LogP contribution >= 0.6 is 0 Å². The lowest BCUT2D eigenvalue weighted by Gasteiger charge is -2.36. The van der Waals surface area contributed by atoms with E-state index < -0.39 is 16.6 Å². The van der Waals surface area contributed by atoms with E-state index in [2.05, 4.69) is 9.64 Å². The van der Waals surface area contributed by atoms with Crippen molar-refractivity contribution in [2.24, 2.45) is 0 Å². The van der Waals surface area contributed by atoms with Gasteiger partial charge < -0.3 is 14.4 Å². The van der Waals surface area contributed by atoms with Gasteiger partial charge in [-0.2, -0.15) is 5.26 Å². The molecule has 1 fully saturated rings. The normalized spacial score (nSPS) is 13.6. The van der Waals surface area contributed by atoms with Gasteiger partial charge in [-0.25, -0.2) is 9.18 Å². The Bertz CT molecular complexity index is 1330. The first-order valence-electron chi connectivity index (χ1n) is 11.6. The number of benzene rings is 3. The predicted molar refractivity (Wildman–Crippen MR) is 134 cm³/mol. The molecule has 0 bridgehead atoms. The maximum atomic E-state index is 14.3. The molecule has 0 radical (unpaired) electrons. The molecule has 0 amide bonds. The number of nitrogens with zero attached hydrogens (tertiary/aromatic N) is 4. The second kappa shape index (κ2) is 11.5. The number of carbonyl (C=O) groups excluding carboxylic acids is 1. The second-order valence-corrected chi connectivity index (χ2v) is 8.55. The van der Waals surface area contributed by atoms with Crippen LogP contribution in [0.5, 0.6) is 5.75 Å². The number of nitro benzene ring substituents is 1. The molecule has 0 N–H and O–H groups in total. The van der Waals surface area contributed by atoms with Gasteiger partial charge in [0.25, 0.3) is 0 Å². The number of rotatable bonds is 8. The van der Waals surface area contributed by atoms with Gasteiger partial charge in [-0.15, -0.1) is 0 Å². The van der Waals surface area contributed by atoms with E-state index in [0.29, 0.717) is 24.3 Å². The summed E-state index contributed by atoms with van der Waals surface area (Å²) in [6.45, 7) is 3.73. The van der Waals surface area contributed by atoms with Gasteiger partial charge in [-0.3, -0.25) is 15.0 Å². The zero-order chi connectivity index (χ0) is 26.4. The minimum atomic E-state index is -0.802. The van der Waals surface area contributed by atoms with Crippen molar-refractivity contribution < 1.29 is 23.6 Å². The standard InChI is InChI=1S/C27H25FN4O5/c1-36-27(33)22-3-2-4-25(26(22)32(34)35)37-18-20-7-5-19(6-8-20)17-30-11-13-31(14-12-30)24-10-9-21(16-29)15-23(24)28/h2-10,15H,11-14,17-18H2,1H3. The lowest BCUT2D eigenvalue weighted by molar-refractivity contribution is -0.386. The Hall–Kier alpha value is -4.49. The highest BCUT2D eigenvalue weighted by molar-refractivity contribution is 5.95. The molecule has 0 saturated carbocycles. The summed E-state index contributed by atoms with van der Waals surface area (Å²) in [4.78, 5) is 27.0. The van der Waals surface area contributed by atoms with Gasteiger partial charge in [0.15, 0.2) is 5.75 Å². The smallest absolute Gasteiger partial charge is 0.345 e. The maximum Gasteiger partial charge on any atom is 0.345 e. The van der Waals surface area contributed by atoms with E-state index in [0.717, 1.165) is 37.9 Å². The van der Waals surface area contributed by atoms with Crippen LogP contribution in [0.15, 0.2) is 60.7 Å². The summed E-state index contributed by atoms with van der Waals surface area (Å²) in [6, 6.07) is 18.5. The van der Waals surface area contributed by atoms with Crippen LogP contribution in [0, 0.1) is 27.3 Å². The molecule has 1 aliphatic rings. The molecule has 1 heterocycles. The Balaban J connectivity index is 1.32. The average molecular weight is 505 g/mol. The molecule has 1 saturated heterocycles. The van der Waals surface area contributed by atoms with Crippen LogP contribution in [-0.4, -0.2) is 49.1 Å². The van der Waals surface area contributed by atoms with E-state index in [-0.39, 0.29) is 23.7 Å². The molecule has 190 valence electrons. The third-order valence-corrected chi connectivity index (χ3v) is 6.20. The van der Waals surface area contributed by atoms with Crippen molar-refractivity contribution in [1.82, 2.24) is 4.90 Å². The van der Waals surface area contributed by atoms with Crippen molar-refractivity contribution in [2.75, 3.05) is 38.2 Å². The van der Waals surface area contributed by atoms with E-state index >= 15 is 0 Å². The largest absolute Gasteiger partial charge is 0.482 e. The number of piperazine rings is 1. The van der Waals surface area contributed by atoms with Gasteiger partial charge >= 0.3 is 11.7 Å². The molecular weight excluding hydrogens is 479 g/mol. The number of hydrogen-bond acceptors (Lipinski definition) is 8. The number of nitriles is 1. The monoisotopic (exact) mass is 504 g/mol. The van der Waals surface area contributed by atoms with Gasteiger partial charge in [-0.05, 0) is 41.5 Å². The Morgan fingerprint density at radius 2 is 1.78 bits per heavy atom. The summed E-state index contributed by atoms with van der Waals surface area (Å²) >= 11 is 0. The molecule has 3 aromatic carbocycles. The Morgan fingerprint density at radius 1 is 1.08 bits per heavy atom. The van der Waals surface area contributed by atoms with Gasteiger partial charge in [0.05, 0.1) is 29.4 Å². The fraction of sp³-hybridized carbons (Fsp3) is 0.259. The van der Waals surface area contributed by atoms with E-state index in [1.165, 1.54) is 24.3 Å². The average Bonchev–Trinajstić information content (AvgIpc) is 2.92. The number of para-hydroxylation sites is 1. The van der Waals surface area contributed by atoms with Crippen LogP contribution in [0.25, 0.3) is 0 Å². The molecule has 1 aliphatic heterocycles. The Kier molecular flexibility index (Phi) is 7.95. The Labute approximate surface area is 213 Å². The molecule has 0 unspecified atom stereocenters. The summed E-state index contributed by atoms with van der Waals surface area (Å²) in [6.07, 6.45) is 0. The molecule has 0 atom stereocenters. The zero-order valence-corrected chi connectivity index (χ0v) is 20.2. The summed E-state index contributed by atoms with van der Waals surface area (Å²) in [7, 11) is 1.16. The van der Waals surface area contributed by atoms with Crippen molar-refractivity contribution in [3.05, 3.63) is 98.8 Å². The minimum absolute atomic E-state index is 0.00597. The van der Waals surface area contributed by atoms with Crippen molar-refractivity contribution in [3.8, 4) is 11.8 Å². The lowest BCUT2D eigenvalue weighted by Crippen LogP contribution is -2.46. The third kappa shape index (κ3) is 6.02. The first-order chi connectivity index (χ1) is 17.9. The van der Waals surface area contributed by atoms with Crippen LogP contribution in [0.3, 0.4) is 0 Å². The Morgan fingerprint density at radius 3 is 2.41 bits per heavy atom. The number of halogens is 1. The summed E-state index contributed by atoms with van der Waals surface area (Å²) in [5.74, 6) is -1.19.